The molecule has 29 heavy (non-hydrogen) atoms. The van der Waals surface area contributed by atoms with Gasteiger partial charge in [0.25, 0.3) is 0 Å². The van der Waals surface area contributed by atoms with Crippen molar-refractivity contribution in [2.45, 2.75) is 72.6 Å². The highest BCUT2D eigenvalue weighted by molar-refractivity contribution is 7.60. The Morgan fingerprint density at radius 1 is 1.24 bits per heavy atom. The zero-order valence-electron chi connectivity index (χ0n) is 18.0. The lowest BCUT2D eigenvalue weighted by molar-refractivity contribution is -0.0539. The molecule has 0 aromatic rings. The van der Waals surface area contributed by atoms with Crippen LogP contribution in [0.15, 0.2) is 23.8 Å². The third-order valence-electron chi connectivity index (χ3n) is 7.03. The van der Waals surface area contributed by atoms with Crippen LogP contribution < -0.4 is 0 Å². The van der Waals surface area contributed by atoms with Crippen molar-refractivity contribution in [2.75, 3.05) is 6.61 Å². The summed E-state index contributed by atoms with van der Waals surface area (Å²) in [6, 6.07) is 0. The summed E-state index contributed by atoms with van der Waals surface area (Å²) in [5.41, 5.74) is 2.94. The first-order valence-corrected chi connectivity index (χ1v) is 13.3. The molecule has 2 rings (SSSR count). The molecule has 0 aromatic carbocycles. The summed E-state index contributed by atoms with van der Waals surface area (Å²) < 4.78 is 30.6. The van der Waals surface area contributed by atoms with Gasteiger partial charge in [-0.25, -0.2) is 9.13 Å². The third-order valence-corrected chi connectivity index (χ3v) is 9.18. The summed E-state index contributed by atoms with van der Waals surface area (Å²) >= 11 is 0. The lowest BCUT2D eigenvalue weighted by atomic mass is 9.47. The summed E-state index contributed by atoms with van der Waals surface area (Å²) in [5.74, 6) is 1.14. The second kappa shape index (κ2) is 9.08. The molecule has 0 aromatic heterocycles. The molecule has 3 N–H and O–H groups in total. The van der Waals surface area contributed by atoms with Gasteiger partial charge in [-0.2, -0.15) is 4.31 Å². The minimum absolute atomic E-state index is 0.252. The predicted octanol–water partition coefficient (Wildman–Crippen LogP) is 5.74. The number of hydrogen-bond acceptors (Lipinski definition) is 4. The maximum Gasteiger partial charge on any atom is 0.481 e. The fourth-order valence-corrected chi connectivity index (χ4v) is 7.24. The predicted molar refractivity (Wildman–Crippen MR) is 113 cm³/mol. The summed E-state index contributed by atoms with van der Waals surface area (Å²) in [6.07, 6.45) is 9.48. The fraction of sp³-hybridized carbons (Fsp3) is 0.800. The number of phosphoric ester groups is 1. The summed E-state index contributed by atoms with van der Waals surface area (Å²) in [6.45, 7) is 13.3. The molecule has 1 unspecified atom stereocenters. The maximum absolute atomic E-state index is 11.5. The molecule has 2 fully saturated rings. The van der Waals surface area contributed by atoms with E-state index in [-0.39, 0.29) is 12.0 Å². The molecule has 4 atom stereocenters. The Morgan fingerprint density at radius 3 is 2.52 bits per heavy atom. The minimum Gasteiger partial charge on any atom is -0.302 e. The van der Waals surface area contributed by atoms with Crippen LogP contribution in [0.4, 0.5) is 0 Å². The van der Waals surface area contributed by atoms with Crippen LogP contribution in [0.25, 0.3) is 0 Å². The van der Waals surface area contributed by atoms with Gasteiger partial charge < -0.3 is 14.7 Å². The van der Waals surface area contributed by atoms with E-state index in [1.165, 1.54) is 31.3 Å². The van der Waals surface area contributed by atoms with Crippen LogP contribution in [0.1, 0.15) is 72.6 Å². The van der Waals surface area contributed by atoms with Crippen LogP contribution in [-0.2, 0) is 18.0 Å². The quantitative estimate of drug-likeness (QED) is 0.319. The van der Waals surface area contributed by atoms with E-state index in [0.29, 0.717) is 17.3 Å². The Hall–Kier alpha value is -0.260. The second-order valence-electron chi connectivity index (χ2n) is 9.58. The van der Waals surface area contributed by atoms with E-state index in [0.717, 1.165) is 24.8 Å². The summed E-state index contributed by atoms with van der Waals surface area (Å²) in [5, 5.41) is 0. The van der Waals surface area contributed by atoms with Crippen molar-refractivity contribution < 1.29 is 32.6 Å². The number of phosphoric acid groups is 2. The third kappa shape index (κ3) is 6.61. The van der Waals surface area contributed by atoms with Crippen LogP contribution in [0.2, 0.25) is 0 Å². The molecule has 0 radical (unpaired) electrons. The van der Waals surface area contributed by atoms with Gasteiger partial charge in [0.2, 0.25) is 0 Å². The molecule has 0 bridgehead atoms. The molecule has 0 heterocycles. The van der Waals surface area contributed by atoms with E-state index in [4.69, 9.17) is 9.79 Å². The molecule has 2 saturated carbocycles. The first-order valence-electron chi connectivity index (χ1n) is 10.2. The lowest BCUT2D eigenvalue weighted by Gasteiger charge is -2.58. The molecule has 0 saturated heterocycles. The fourth-order valence-electron chi connectivity index (χ4n) is 5.71. The molecule has 0 spiro atoms. The van der Waals surface area contributed by atoms with Gasteiger partial charge >= 0.3 is 15.6 Å². The molecule has 0 amide bonds. The lowest BCUT2D eigenvalue weighted by Crippen LogP contribution is -2.49. The van der Waals surface area contributed by atoms with E-state index in [1.807, 2.05) is 6.92 Å². The van der Waals surface area contributed by atoms with Crippen LogP contribution in [0.3, 0.4) is 0 Å². The Balaban J connectivity index is 1.97. The Morgan fingerprint density at radius 2 is 1.90 bits per heavy atom. The smallest absolute Gasteiger partial charge is 0.302 e. The van der Waals surface area contributed by atoms with Gasteiger partial charge in [-0.3, -0.25) is 4.52 Å². The van der Waals surface area contributed by atoms with Crippen LogP contribution >= 0.6 is 15.6 Å². The average Bonchev–Trinajstić information content (AvgIpc) is 2.50. The molecule has 2 aliphatic rings. The standard InChI is InChI=1S/C20H36O7P2/c1-15(11-14-26-29(24,25)27-28(21,22)23)7-9-17-16(2)8-10-18-19(3,4)12-6-13-20(17,18)5/h11,17-18H,2,6-10,12-14H2,1,3-5H3,(H,24,25)(H2,21,22,23)/b15-11-/t17-,18-,20+/m1/s1. The van der Waals surface area contributed by atoms with Gasteiger partial charge in [-0.15, -0.1) is 0 Å². The van der Waals surface area contributed by atoms with E-state index in [1.54, 1.807) is 6.08 Å². The van der Waals surface area contributed by atoms with E-state index in [2.05, 4.69) is 36.2 Å². The van der Waals surface area contributed by atoms with Crippen molar-refractivity contribution in [3.63, 3.8) is 0 Å². The first kappa shape index (κ1) is 25.0. The highest BCUT2D eigenvalue weighted by Crippen LogP contribution is 2.62. The molecule has 2 aliphatic carbocycles. The van der Waals surface area contributed by atoms with Crippen molar-refractivity contribution in [1.29, 1.82) is 0 Å². The highest BCUT2D eigenvalue weighted by Gasteiger charge is 2.52. The molecule has 9 heteroatoms. The topological polar surface area (TPSA) is 113 Å². The summed E-state index contributed by atoms with van der Waals surface area (Å²) in [4.78, 5) is 26.6. The van der Waals surface area contributed by atoms with Gasteiger partial charge in [-0.05, 0) is 68.1 Å². The van der Waals surface area contributed by atoms with E-state index < -0.39 is 15.6 Å². The number of allylic oxidation sites excluding steroid dienone is 2. The normalized spacial score (nSPS) is 32.5. The van der Waals surface area contributed by atoms with Gasteiger partial charge in [0.05, 0.1) is 6.61 Å². The van der Waals surface area contributed by atoms with Gasteiger partial charge in [-0.1, -0.05) is 51.0 Å². The van der Waals surface area contributed by atoms with Gasteiger partial charge in [0, 0.05) is 0 Å². The Bertz CT molecular complexity index is 739. The summed E-state index contributed by atoms with van der Waals surface area (Å²) in [7, 11) is -9.88. The van der Waals surface area contributed by atoms with Crippen molar-refractivity contribution in [1.82, 2.24) is 0 Å². The van der Waals surface area contributed by atoms with Crippen LogP contribution in [0, 0.1) is 22.7 Å². The number of fused-ring (bicyclic) bond motifs is 1. The van der Waals surface area contributed by atoms with Crippen molar-refractivity contribution in [2.24, 2.45) is 22.7 Å². The molecular formula is C20H36O7P2. The van der Waals surface area contributed by atoms with Crippen LogP contribution in [0.5, 0.6) is 0 Å². The maximum atomic E-state index is 11.5. The Labute approximate surface area is 174 Å². The minimum atomic E-state index is -5.09. The van der Waals surface area contributed by atoms with Crippen molar-refractivity contribution in [3.05, 3.63) is 23.8 Å². The SMILES string of the molecule is C=C1CC[C@@H]2C(C)(C)CCC[C@@]2(C)[C@@H]1CC/C(C)=C\COP(=O)(O)OP(=O)(O)O. The Kier molecular flexibility index (Phi) is 7.83. The van der Waals surface area contributed by atoms with E-state index >= 15 is 0 Å². The second-order valence-corrected chi connectivity index (χ2v) is 12.4. The van der Waals surface area contributed by atoms with Crippen molar-refractivity contribution in [3.8, 4) is 0 Å². The average molecular weight is 450 g/mol. The highest BCUT2D eigenvalue weighted by atomic mass is 31.3. The molecule has 168 valence electrons. The van der Waals surface area contributed by atoms with E-state index in [9.17, 15) is 14.0 Å². The zero-order valence-corrected chi connectivity index (χ0v) is 19.8. The van der Waals surface area contributed by atoms with Crippen molar-refractivity contribution >= 4 is 15.6 Å². The van der Waals surface area contributed by atoms with Crippen LogP contribution in [-0.4, -0.2) is 21.3 Å². The zero-order chi connectivity index (χ0) is 22.1. The number of rotatable bonds is 8. The molecule has 0 aliphatic heterocycles. The van der Waals surface area contributed by atoms with Gasteiger partial charge in [0.15, 0.2) is 0 Å². The molecule has 7 nitrogen and oxygen atoms in total. The largest absolute Gasteiger partial charge is 0.481 e. The molecular weight excluding hydrogens is 414 g/mol. The number of hydrogen-bond donors (Lipinski definition) is 3. The monoisotopic (exact) mass is 450 g/mol. The first-order chi connectivity index (χ1) is 13.2. The van der Waals surface area contributed by atoms with Gasteiger partial charge in [0.1, 0.15) is 0 Å².